The molecule has 3 N–H and O–H groups in total. The monoisotopic (exact) mass is 409 g/mol. The molecule has 0 fully saturated rings. The van der Waals surface area contributed by atoms with E-state index in [0.29, 0.717) is 23.2 Å². The number of aromatic nitrogens is 1. The molecule has 148 valence electrons. The Kier molecular flexibility index (Phi) is 6.83. The van der Waals surface area contributed by atoms with Gasteiger partial charge in [-0.25, -0.2) is 9.19 Å². The third-order valence-electron chi connectivity index (χ3n) is 4.04. The van der Waals surface area contributed by atoms with Crippen molar-refractivity contribution in [2.75, 3.05) is 5.32 Å². The van der Waals surface area contributed by atoms with Crippen molar-refractivity contribution in [2.45, 2.75) is 12.3 Å². The van der Waals surface area contributed by atoms with Gasteiger partial charge >= 0.3 is 0 Å². The molecule has 1 unspecified atom stereocenters. The number of nitrogens with zero attached hydrogens (tertiary/aromatic N) is 1. The van der Waals surface area contributed by atoms with Crippen LogP contribution in [-0.2, 0) is 23.4 Å². The fraction of sp³-hybridized carbons (Fsp3) is 0.0952. The van der Waals surface area contributed by atoms with Gasteiger partial charge in [0.25, 0.3) is 11.8 Å². The zero-order chi connectivity index (χ0) is 20.6. The topological polar surface area (TPSA) is 108 Å². The van der Waals surface area contributed by atoms with Gasteiger partial charge in [-0.2, -0.15) is 0 Å². The second-order valence-corrected chi connectivity index (χ2v) is 7.15. The minimum atomic E-state index is -1.99. The summed E-state index contributed by atoms with van der Waals surface area (Å²) >= 11 is -1.99. The van der Waals surface area contributed by atoms with Gasteiger partial charge in [0.05, 0.1) is 5.75 Å². The summed E-state index contributed by atoms with van der Waals surface area (Å²) in [6, 6.07) is 19.0. The van der Waals surface area contributed by atoms with E-state index in [1.165, 1.54) is 12.3 Å². The highest BCUT2D eigenvalue weighted by Gasteiger charge is 2.11. The molecule has 0 aliphatic carbocycles. The van der Waals surface area contributed by atoms with Gasteiger partial charge < -0.3 is 15.2 Å². The van der Waals surface area contributed by atoms with Crippen molar-refractivity contribution in [1.29, 1.82) is 0 Å². The van der Waals surface area contributed by atoms with Crippen LogP contribution in [0, 0.1) is 0 Å². The number of hydrogen-bond acceptors (Lipinski definition) is 4. The molecule has 1 atom stereocenters. The summed E-state index contributed by atoms with van der Waals surface area (Å²) in [4.78, 5) is 28.9. The summed E-state index contributed by atoms with van der Waals surface area (Å²) in [6.45, 7) is 0.392. The van der Waals surface area contributed by atoms with E-state index in [2.05, 4.69) is 15.6 Å². The number of anilines is 1. The standard InChI is InChI=1S/C21H19N3O4S/c25-20(23-13-15-5-2-1-3-6-15)18-9-10-22-19(12-18)24-21(26)17-8-4-7-16(11-17)14-29(27)28/h1-12H,13-14H2,(H,23,25)(H,27,28)(H,22,24,26). The first-order valence-electron chi connectivity index (χ1n) is 8.77. The first kappa shape index (κ1) is 20.4. The van der Waals surface area contributed by atoms with Crippen LogP contribution in [0.5, 0.6) is 0 Å². The average molecular weight is 409 g/mol. The van der Waals surface area contributed by atoms with Gasteiger partial charge in [0.2, 0.25) is 0 Å². The van der Waals surface area contributed by atoms with Crippen LogP contribution in [0.3, 0.4) is 0 Å². The molecule has 29 heavy (non-hydrogen) atoms. The van der Waals surface area contributed by atoms with Crippen LogP contribution in [0.25, 0.3) is 0 Å². The number of carbonyl (C=O) groups excluding carboxylic acids is 2. The van der Waals surface area contributed by atoms with Gasteiger partial charge in [0, 0.05) is 23.9 Å². The highest BCUT2D eigenvalue weighted by Crippen LogP contribution is 2.12. The Labute approximate surface area is 170 Å². The van der Waals surface area contributed by atoms with Crippen molar-refractivity contribution in [3.8, 4) is 0 Å². The second kappa shape index (κ2) is 9.72. The van der Waals surface area contributed by atoms with Crippen LogP contribution in [0.15, 0.2) is 72.9 Å². The Hall–Kier alpha value is -3.36. The molecule has 2 aromatic carbocycles. The normalized spacial score (nSPS) is 11.5. The molecule has 8 heteroatoms. The number of carbonyl (C=O) groups is 2. The summed E-state index contributed by atoms with van der Waals surface area (Å²) in [5.41, 5.74) is 2.25. The summed E-state index contributed by atoms with van der Waals surface area (Å²) in [6.07, 6.45) is 1.44. The number of benzene rings is 2. The third kappa shape index (κ3) is 6.06. The maximum atomic E-state index is 12.5. The quantitative estimate of drug-likeness (QED) is 0.520. The largest absolute Gasteiger partial charge is 0.348 e. The molecule has 2 amide bonds. The van der Waals surface area contributed by atoms with Crippen LogP contribution in [0.4, 0.5) is 5.82 Å². The van der Waals surface area contributed by atoms with Crippen molar-refractivity contribution in [1.82, 2.24) is 10.3 Å². The molecule has 0 aliphatic rings. The zero-order valence-electron chi connectivity index (χ0n) is 15.4. The minimum absolute atomic E-state index is 0.0591. The van der Waals surface area contributed by atoms with Crippen molar-refractivity contribution < 1.29 is 18.4 Å². The fourth-order valence-electron chi connectivity index (χ4n) is 2.65. The van der Waals surface area contributed by atoms with Gasteiger partial charge in [-0.05, 0) is 35.4 Å². The Bertz CT molecular complexity index is 1040. The number of nitrogens with one attached hydrogen (secondary N) is 2. The molecule has 0 spiro atoms. The van der Waals surface area contributed by atoms with Gasteiger partial charge in [-0.3, -0.25) is 9.59 Å². The Morgan fingerprint density at radius 3 is 2.38 bits per heavy atom. The predicted octanol–water partition coefficient (Wildman–Crippen LogP) is 2.99. The second-order valence-electron chi connectivity index (χ2n) is 6.22. The lowest BCUT2D eigenvalue weighted by Gasteiger charge is -2.08. The van der Waals surface area contributed by atoms with Crippen molar-refractivity contribution >= 4 is 28.7 Å². The lowest BCUT2D eigenvalue weighted by atomic mass is 10.1. The summed E-state index contributed by atoms with van der Waals surface area (Å²) < 4.78 is 19.9. The van der Waals surface area contributed by atoms with Gasteiger partial charge in [-0.15, -0.1) is 0 Å². The van der Waals surface area contributed by atoms with Crippen LogP contribution in [0.1, 0.15) is 31.8 Å². The first-order valence-corrected chi connectivity index (χ1v) is 10.0. The summed E-state index contributed by atoms with van der Waals surface area (Å²) in [5.74, 6) is -0.529. The molecule has 3 rings (SSSR count). The highest BCUT2D eigenvalue weighted by molar-refractivity contribution is 7.78. The molecule has 0 saturated carbocycles. The first-order chi connectivity index (χ1) is 14.0. The molecule has 0 bridgehead atoms. The number of rotatable bonds is 7. The smallest absolute Gasteiger partial charge is 0.256 e. The molecule has 1 heterocycles. The SMILES string of the molecule is O=C(NCc1ccccc1)c1ccnc(NC(=O)c2cccc(CS(=O)O)c2)c1. The Balaban J connectivity index is 1.65. The molecular weight excluding hydrogens is 390 g/mol. The fourth-order valence-corrected chi connectivity index (χ4v) is 3.12. The van der Waals surface area contributed by atoms with Crippen LogP contribution in [-0.4, -0.2) is 25.6 Å². The molecule has 0 radical (unpaired) electrons. The number of pyridine rings is 1. The van der Waals surface area contributed by atoms with Crippen molar-refractivity contribution in [3.63, 3.8) is 0 Å². The molecule has 0 aliphatic heterocycles. The molecule has 3 aromatic rings. The van der Waals surface area contributed by atoms with Crippen LogP contribution < -0.4 is 10.6 Å². The van der Waals surface area contributed by atoms with Crippen molar-refractivity contribution in [3.05, 3.63) is 95.2 Å². The Morgan fingerprint density at radius 1 is 0.897 bits per heavy atom. The summed E-state index contributed by atoms with van der Waals surface area (Å²) in [7, 11) is 0. The third-order valence-corrected chi connectivity index (χ3v) is 4.62. The molecule has 1 aromatic heterocycles. The minimum Gasteiger partial charge on any atom is -0.348 e. The van der Waals surface area contributed by atoms with E-state index in [-0.39, 0.29) is 17.5 Å². The van der Waals surface area contributed by atoms with Gasteiger partial charge in [0.15, 0.2) is 11.1 Å². The predicted molar refractivity (Wildman–Crippen MR) is 111 cm³/mol. The number of amides is 2. The maximum absolute atomic E-state index is 12.5. The van der Waals surface area contributed by atoms with E-state index in [4.69, 9.17) is 4.55 Å². The molecular formula is C21H19N3O4S. The van der Waals surface area contributed by atoms with E-state index >= 15 is 0 Å². The Morgan fingerprint density at radius 2 is 1.62 bits per heavy atom. The summed E-state index contributed by atoms with van der Waals surface area (Å²) in [5, 5.41) is 5.46. The van der Waals surface area contributed by atoms with Crippen LogP contribution in [0.2, 0.25) is 0 Å². The highest BCUT2D eigenvalue weighted by atomic mass is 32.2. The lowest BCUT2D eigenvalue weighted by molar-refractivity contribution is 0.0949. The van der Waals surface area contributed by atoms with Crippen molar-refractivity contribution in [2.24, 2.45) is 0 Å². The zero-order valence-corrected chi connectivity index (χ0v) is 16.2. The lowest BCUT2D eigenvalue weighted by Crippen LogP contribution is -2.23. The number of hydrogen-bond donors (Lipinski definition) is 3. The van der Waals surface area contributed by atoms with E-state index in [1.807, 2.05) is 30.3 Å². The average Bonchev–Trinajstić information content (AvgIpc) is 2.72. The van der Waals surface area contributed by atoms with Gasteiger partial charge in [-0.1, -0.05) is 42.5 Å². The van der Waals surface area contributed by atoms with E-state index in [1.54, 1.807) is 30.3 Å². The van der Waals surface area contributed by atoms with E-state index < -0.39 is 17.0 Å². The molecule has 0 saturated heterocycles. The molecule has 7 nitrogen and oxygen atoms in total. The maximum Gasteiger partial charge on any atom is 0.256 e. The van der Waals surface area contributed by atoms with Crippen LogP contribution >= 0.6 is 0 Å². The van der Waals surface area contributed by atoms with E-state index in [9.17, 15) is 13.8 Å². The van der Waals surface area contributed by atoms with Gasteiger partial charge in [0.1, 0.15) is 5.82 Å². The van der Waals surface area contributed by atoms with E-state index in [0.717, 1.165) is 5.56 Å².